The van der Waals surface area contributed by atoms with E-state index in [-0.39, 0.29) is 21.1 Å². The summed E-state index contributed by atoms with van der Waals surface area (Å²) in [4.78, 5) is 42.9. The van der Waals surface area contributed by atoms with Gasteiger partial charge in [-0.2, -0.15) is 14.6 Å². The van der Waals surface area contributed by atoms with E-state index in [1.807, 2.05) is 31.2 Å². The predicted molar refractivity (Wildman–Crippen MR) is 90.3 cm³/mol. The summed E-state index contributed by atoms with van der Waals surface area (Å²) >= 11 is 1.02. The molecule has 4 rings (SSSR count). The van der Waals surface area contributed by atoms with Gasteiger partial charge in [0.25, 0.3) is 17.0 Å². The summed E-state index contributed by atoms with van der Waals surface area (Å²) in [6.07, 6.45) is 0. The molecule has 1 aromatic carbocycles. The van der Waals surface area contributed by atoms with Crippen LogP contribution in [0.15, 0.2) is 33.9 Å². The largest absolute Gasteiger partial charge is 0.308 e. The molecule has 0 bridgehead atoms. The maximum Gasteiger partial charge on any atom is 0.295 e. The fourth-order valence-electron chi connectivity index (χ4n) is 2.85. The highest BCUT2D eigenvalue weighted by molar-refractivity contribution is 7.15. The van der Waals surface area contributed by atoms with Gasteiger partial charge < -0.3 is 4.90 Å². The Hall–Kier alpha value is -2.87. The van der Waals surface area contributed by atoms with Crippen molar-refractivity contribution >= 4 is 33.5 Å². The quantitative estimate of drug-likeness (QED) is 0.627. The number of anilines is 1. The Bertz CT molecular complexity index is 1180. The third-order valence-electron chi connectivity index (χ3n) is 3.98. The fraction of sp³-hybridized carbons (Fsp3) is 0.188. The van der Waals surface area contributed by atoms with Gasteiger partial charge in [0, 0.05) is 12.1 Å². The summed E-state index contributed by atoms with van der Waals surface area (Å²) in [6, 6.07) is 7.35. The van der Waals surface area contributed by atoms with Crippen LogP contribution in [0.4, 0.5) is 5.69 Å². The lowest BCUT2D eigenvalue weighted by Crippen LogP contribution is -2.33. The third kappa shape index (κ3) is 1.86. The Morgan fingerprint density at radius 1 is 1.17 bits per heavy atom. The van der Waals surface area contributed by atoms with E-state index in [9.17, 15) is 14.4 Å². The second-order valence-corrected chi connectivity index (χ2v) is 6.35. The Morgan fingerprint density at radius 3 is 2.67 bits per heavy atom. The molecule has 0 unspecified atom stereocenters. The zero-order valence-corrected chi connectivity index (χ0v) is 13.8. The lowest BCUT2D eigenvalue weighted by molar-refractivity contribution is -0.113. The van der Waals surface area contributed by atoms with Gasteiger partial charge in [-0.05, 0) is 19.9 Å². The summed E-state index contributed by atoms with van der Waals surface area (Å²) in [6.45, 7) is 3.89. The summed E-state index contributed by atoms with van der Waals surface area (Å²) in [5.41, 5.74) is 1.09. The van der Waals surface area contributed by atoms with Crippen LogP contribution >= 0.6 is 11.3 Å². The minimum atomic E-state index is -0.471. The second kappa shape index (κ2) is 5.07. The number of hydrogen-bond donors (Lipinski definition) is 0. The van der Waals surface area contributed by atoms with Crippen molar-refractivity contribution < 1.29 is 4.79 Å². The van der Waals surface area contributed by atoms with E-state index >= 15 is 0 Å². The Labute approximate surface area is 139 Å². The molecule has 0 spiro atoms. The molecule has 3 aromatic rings. The monoisotopic (exact) mass is 340 g/mol. The van der Waals surface area contributed by atoms with Gasteiger partial charge in [0.1, 0.15) is 10.2 Å². The van der Waals surface area contributed by atoms with Crippen molar-refractivity contribution in [1.82, 2.24) is 14.6 Å². The number of hydrogen-bond acceptors (Lipinski definition) is 6. The van der Waals surface area contributed by atoms with Crippen molar-refractivity contribution in [3.8, 4) is 0 Å². The van der Waals surface area contributed by atoms with Gasteiger partial charge in [0.2, 0.25) is 4.96 Å². The van der Waals surface area contributed by atoms with Crippen LogP contribution in [0.25, 0.3) is 10.5 Å². The highest BCUT2D eigenvalue weighted by Gasteiger charge is 2.33. The first-order valence-electron chi connectivity index (χ1n) is 7.39. The van der Waals surface area contributed by atoms with Crippen LogP contribution < -0.4 is 20.6 Å². The number of aryl methyl sites for hydroxylation is 1. The Kier molecular flexibility index (Phi) is 3.10. The number of carbonyl (C=O) groups is 1. The van der Waals surface area contributed by atoms with Crippen LogP contribution in [0.1, 0.15) is 18.2 Å². The number of carbonyl (C=O) groups excluding carboxylic acids is 1. The van der Waals surface area contributed by atoms with Crippen LogP contribution in [0.3, 0.4) is 0 Å². The van der Waals surface area contributed by atoms with E-state index in [1.54, 1.807) is 4.90 Å². The SMILES string of the molecule is CCN1C(=O)/C(=c2\sc3nc(=O)c(C)nn3c2=O)c2ccccc21. The predicted octanol–water partition coefficient (Wildman–Crippen LogP) is 0.104. The lowest BCUT2D eigenvalue weighted by Gasteiger charge is -2.13. The number of para-hydroxylation sites is 1. The third-order valence-corrected chi connectivity index (χ3v) is 5.01. The molecule has 0 saturated carbocycles. The smallest absolute Gasteiger partial charge is 0.295 e. The Morgan fingerprint density at radius 2 is 1.92 bits per heavy atom. The van der Waals surface area contributed by atoms with Crippen LogP contribution in [0.2, 0.25) is 0 Å². The second-order valence-electron chi connectivity index (χ2n) is 5.37. The number of amides is 1. The molecular weight excluding hydrogens is 328 g/mol. The molecule has 1 aliphatic rings. The highest BCUT2D eigenvalue weighted by atomic mass is 32.1. The lowest BCUT2D eigenvalue weighted by atomic mass is 10.1. The minimum absolute atomic E-state index is 0.146. The van der Waals surface area contributed by atoms with Crippen LogP contribution in [0, 0.1) is 6.92 Å². The van der Waals surface area contributed by atoms with E-state index in [0.717, 1.165) is 21.5 Å². The van der Waals surface area contributed by atoms with Crippen molar-refractivity contribution in [2.45, 2.75) is 13.8 Å². The molecule has 0 N–H and O–H groups in total. The van der Waals surface area contributed by atoms with Crippen LogP contribution in [-0.4, -0.2) is 27.0 Å². The zero-order valence-electron chi connectivity index (χ0n) is 12.9. The van der Waals surface area contributed by atoms with E-state index in [0.29, 0.717) is 17.7 Å². The van der Waals surface area contributed by atoms with Gasteiger partial charge in [-0.1, -0.05) is 29.5 Å². The molecule has 0 radical (unpaired) electrons. The van der Waals surface area contributed by atoms with E-state index in [1.165, 1.54) is 6.92 Å². The molecule has 24 heavy (non-hydrogen) atoms. The molecule has 2 aromatic heterocycles. The molecule has 1 amide bonds. The van der Waals surface area contributed by atoms with Crippen LogP contribution in [-0.2, 0) is 4.79 Å². The van der Waals surface area contributed by atoms with Gasteiger partial charge in [0.05, 0.1) is 11.3 Å². The molecule has 1 aliphatic heterocycles. The van der Waals surface area contributed by atoms with Gasteiger partial charge in [-0.15, -0.1) is 0 Å². The number of fused-ring (bicyclic) bond motifs is 2. The van der Waals surface area contributed by atoms with Crippen molar-refractivity contribution in [2.75, 3.05) is 11.4 Å². The van der Waals surface area contributed by atoms with E-state index in [4.69, 9.17) is 0 Å². The normalized spacial score (nSPS) is 16.1. The van der Waals surface area contributed by atoms with Crippen molar-refractivity contribution in [1.29, 1.82) is 0 Å². The molecular formula is C16H12N4O3S. The average molecular weight is 340 g/mol. The van der Waals surface area contributed by atoms with E-state index in [2.05, 4.69) is 10.1 Å². The standard InChI is InChI=1S/C16H12N4O3S/c1-3-19-10-7-5-4-6-9(10)11(14(19)22)12-15(23)20-16(24-12)17-13(21)8(2)18-20/h4-7H,3H2,1-2H3/b12-11-. The van der Waals surface area contributed by atoms with Gasteiger partial charge >= 0.3 is 0 Å². The zero-order chi connectivity index (χ0) is 17.0. The van der Waals surface area contributed by atoms with Gasteiger partial charge in [0.15, 0.2) is 0 Å². The molecule has 0 aliphatic carbocycles. The van der Waals surface area contributed by atoms with Crippen molar-refractivity contribution in [3.05, 3.63) is 60.8 Å². The molecule has 0 saturated heterocycles. The molecule has 0 fully saturated rings. The molecule has 120 valence electrons. The summed E-state index contributed by atoms with van der Waals surface area (Å²) < 4.78 is 1.35. The first kappa shape index (κ1) is 14.7. The fourth-order valence-corrected chi connectivity index (χ4v) is 3.85. The number of thiazole rings is 1. The van der Waals surface area contributed by atoms with Crippen molar-refractivity contribution in [2.24, 2.45) is 0 Å². The summed E-state index contributed by atoms with van der Waals surface area (Å²) in [7, 11) is 0. The first-order valence-corrected chi connectivity index (χ1v) is 8.20. The number of likely N-dealkylation sites (N-methyl/N-ethyl adjacent to an activating group) is 1. The molecule has 3 heterocycles. The topological polar surface area (TPSA) is 84.6 Å². The Balaban J connectivity index is 2.16. The van der Waals surface area contributed by atoms with Crippen LogP contribution in [0.5, 0.6) is 0 Å². The number of nitrogens with zero attached hydrogens (tertiary/aromatic N) is 4. The average Bonchev–Trinajstić information content (AvgIpc) is 3.02. The van der Waals surface area contributed by atoms with Gasteiger partial charge in [-0.25, -0.2) is 0 Å². The number of aromatic nitrogens is 3. The van der Waals surface area contributed by atoms with Gasteiger partial charge in [-0.3, -0.25) is 14.4 Å². The summed E-state index contributed by atoms with van der Waals surface area (Å²) in [5.74, 6) is -0.220. The highest BCUT2D eigenvalue weighted by Crippen LogP contribution is 2.34. The maximum atomic E-state index is 12.8. The molecule has 7 nitrogen and oxygen atoms in total. The maximum absolute atomic E-state index is 12.8. The number of benzene rings is 1. The first-order chi connectivity index (χ1) is 11.5. The van der Waals surface area contributed by atoms with Crippen molar-refractivity contribution in [3.63, 3.8) is 0 Å². The number of rotatable bonds is 1. The molecule has 8 heteroatoms. The van der Waals surface area contributed by atoms with E-state index < -0.39 is 11.1 Å². The molecule has 0 atom stereocenters. The minimum Gasteiger partial charge on any atom is -0.308 e. The summed E-state index contributed by atoms with van der Waals surface area (Å²) in [5, 5.41) is 3.99.